The molecule has 2 aliphatic heterocycles. The Bertz CT molecular complexity index is 721. The second kappa shape index (κ2) is 6.09. The molecule has 0 saturated carbocycles. The average molecular weight is 331 g/mol. The van der Waals surface area contributed by atoms with Crippen molar-refractivity contribution in [3.8, 4) is 0 Å². The monoisotopic (exact) mass is 331 g/mol. The van der Waals surface area contributed by atoms with Gasteiger partial charge in [0.25, 0.3) is 0 Å². The van der Waals surface area contributed by atoms with Crippen LogP contribution in [0.2, 0.25) is 0 Å². The molecule has 6 heteroatoms. The number of aryl methyl sites for hydroxylation is 2. The lowest BCUT2D eigenvalue weighted by Gasteiger charge is -2.27. The van der Waals surface area contributed by atoms with Gasteiger partial charge in [0.05, 0.1) is 24.8 Å². The quantitative estimate of drug-likeness (QED) is 0.939. The minimum atomic E-state index is -0.0837. The first kappa shape index (κ1) is 14.9. The number of thiophene rings is 1. The highest BCUT2D eigenvalue weighted by Crippen LogP contribution is 2.33. The van der Waals surface area contributed by atoms with Crippen molar-refractivity contribution in [3.63, 3.8) is 0 Å². The molecule has 0 unspecified atom stereocenters. The number of amides is 1. The van der Waals surface area contributed by atoms with E-state index in [0.717, 1.165) is 37.3 Å². The highest BCUT2D eigenvalue weighted by molar-refractivity contribution is 7.10. The number of hydrogen-bond donors (Lipinski definition) is 1. The SMILES string of the molecule is Cc1cn2c(n1)CC[C@@H](NC(=O)C[C@@H]1OCCc3sccc31)C2. The Morgan fingerprint density at radius 2 is 2.43 bits per heavy atom. The summed E-state index contributed by atoms with van der Waals surface area (Å²) < 4.78 is 7.98. The van der Waals surface area contributed by atoms with Crippen LogP contribution in [-0.4, -0.2) is 28.1 Å². The lowest BCUT2D eigenvalue weighted by Crippen LogP contribution is -2.41. The first-order chi connectivity index (χ1) is 11.2. The van der Waals surface area contributed by atoms with Gasteiger partial charge in [0.15, 0.2) is 0 Å². The summed E-state index contributed by atoms with van der Waals surface area (Å²) in [5.74, 6) is 1.21. The van der Waals surface area contributed by atoms with Gasteiger partial charge in [-0.3, -0.25) is 4.79 Å². The molecule has 1 N–H and O–H groups in total. The van der Waals surface area contributed by atoms with Crippen LogP contribution < -0.4 is 5.32 Å². The average Bonchev–Trinajstić information content (AvgIpc) is 3.12. The van der Waals surface area contributed by atoms with Crippen molar-refractivity contribution in [2.45, 2.75) is 51.3 Å². The highest BCUT2D eigenvalue weighted by Gasteiger charge is 2.26. The second-order valence-electron chi connectivity index (χ2n) is 6.37. The Kier molecular flexibility index (Phi) is 3.95. The third-order valence-corrected chi connectivity index (χ3v) is 5.62. The van der Waals surface area contributed by atoms with E-state index in [9.17, 15) is 4.79 Å². The fourth-order valence-electron chi connectivity index (χ4n) is 3.55. The topological polar surface area (TPSA) is 56.2 Å². The largest absolute Gasteiger partial charge is 0.373 e. The number of fused-ring (bicyclic) bond motifs is 2. The van der Waals surface area contributed by atoms with E-state index in [1.165, 1.54) is 10.4 Å². The number of imidazole rings is 1. The molecule has 4 rings (SSSR count). The van der Waals surface area contributed by atoms with Gasteiger partial charge >= 0.3 is 0 Å². The molecule has 0 bridgehead atoms. The van der Waals surface area contributed by atoms with Crippen molar-refractivity contribution in [3.05, 3.63) is 39.6 Å². The van der Waals surface area contributed by atoms with Crippen LogP contribution in [0.15, 0.2) is 17.6 Å². The third-order valence-electron chi connectivity index (χ3n) is 4.62. The molecule has 0 aliphatic carbocycles. The predicted molar refractivity (Wildman–Crippen MR) is 88.5 cm³/mol. The van der Waals surface area contributed by atoms with Crippen LogP contribution in [-0.2, 0) is 28.9 Å². The summed E-state index contributed by atoms with van der Waals surface area (Å²) in [7, 11) is 0. The van der Waals surface area contributed by atoms with Crippen molar-refractivity contribution in [1.82, 2.24) is 14.9 Å². The minimum absolute atomic E-state index is 0.0827. The molecular formula is C17H21N3O2S. The molecule has 5 nitrogen and oxygen atoms in total. The molecule has 0 saturated heterocycles. The molecule has 122 valence electrons. The van der Waals surface area contributed by atoms with E-state index in [1.807, 2.05) is 6.92 Å². The molecular weight excluding hydrogens is 310 g/mol. The van der Waals surface area contributed by atoms with Gasteiger partial charge in [0.2, 0.25) is 5.91 Å². The van der Waals surface area contributed by atoms with Gasteiger partial charge in [-0.05, 0) is 30.4 Å². The Labute approximate surface area is 139 Å². The van der Waals surface area contributed by atoms with Crippen LogP contribution in [0.4, 0.5) is 0 Å². The zero-order valence-electron chi connectivity index (χ0n) is 13.2. The van der Waals surface area contributed by atoms with Crippen LogP contribution in [0.3, 0.4) is 0 Å². The minimum Gasteiger partial charge on any atom is -0.373 e. The zero-order chi connectivity index (χ0) is 15.8. The normalized spacial score (nSPS) is 23.2. The molecule has 23 heavy (non-hydrogen) atoms. The molecule has 4 heterocycles. The summed E-state index contributed by atoms with van der Waals surface area (Å²) in [5.41, 5.74) is 2.25. The second-order valence-corrected chi connectivity index (χ2v) is 7.37. The maximum absolute atomic E-state index is 12.4. The van der Waals surface area contributed by atoms with Crippen LogP contribution in [0.1, 0.15) is 40.9 Å². The van der Waals surface area contributed by atoms with Crippen molar-refractivity contribution < 1.29 is 9.53 Å². The van der Waals surface area contributed by atoms with E-state index in [0.29, 0.717) is 13.0 Å². The Balaban J connectivity index is 1.37. The summed E-state index contributed by atoms with van der Waals surface area (Å²) in [6, 6.07) is 2.28. The van der Waals surface area contributed by atoms with E-state index in [-0.39, 0.29) is 18.1 Å². The molecule has 2 atom stereocenters. The van der Waals surface area contributed by atoms with Gasteiger partial charge in [-0.2, -0.15) is 0 Å². The van der Waals surface area contributed by atoms with Gasteiger partial charge in [0, 0.05) is 36.5 Å². The van der Waals surface area contributed by atoms with E-state index in [1.54, 1.807) is 11.3 Å². The summed E-state index contributed by atoms with van der Waals surface area (Å²) in [6.07, 6.45) is 5.24. The molecule has 0 spiro atoms. The number of carbonyl (C=O) groups excluding carboxylic acids is 1. The fourth-order valence-corrected chi connectivity index (χ4v) is 4.47. The van der Waals surface area contributed by atoms with Gasteiger partial charge in [-0.15, -0.1) is 11.3 Å². The first-order valence-electron chi connectivity index (χ1n) is 8.19. The molecule has 0 fully saturated rings. The molecule has 2 aromatic rings. The van der Waals surface area contributed by atoms with E-state index in [4.69, 9.17) is 4.74 Å². The maximum atomic E-state index is 12.4. The van der Waals surface area contributed by atoms with E-state index < -0.39 is 0 Å². The lowest BCUT2D eigenvalue weighted by atomic mass is 10.0. The van der Waals surface area contributed by atoms with E-state index in [2.05, 4.69) is 32.5 Å². The number of rotatable bonds is 3. The molecule has 2 aromatic heterocycles. The Hall–Kier alpha value is -1.66. The van der Waals surface area contributed by atoms with Crippen LogP contribution >= 0.6 is 11.3 Å². The van der Waals surface area contributed by atoms with Gasteiger partial charge in [0.1, 0.15) is 5.82 Å². The number of aromatic nitrogens is 2. The molecule has 0 radical (unpaired) electrons. The maximum Gasteiger partial charge on any atom is 0.223 e. The smallest absolute Gasteiger partial charge is 0.223 e. The Morgan fingerprint density at radius 1 is 1.52 bits per heavy atom. The predicted octanol–water partition coefficient (Wildman–Crippen LogP) is 2.39. The first-order valence-corrected chi connectivity index (χ1v) is 9.07. The summed E-state index contributed by atoms with van der Waals surface area (Å²) in [4.78, 5) is 18.3. The van der Waals surface area contributed by atoms with Gasteiger partial charge in [-0.1, -0.05) is 0 Å². The van der Waals surface area contributed by atoms with Crippen LogP contribution in [0.25, 0.3) is 0 Å². The molecule has 1 amide bonds. The number of ether oxygens (including phenoxy) is 1. The fraction of sp³-hybridized carbons (Fsp3) is 0.529. The van der Waals surface area contributed by atoms with Crippen molar-refractivity contribution in [2.75, 3.05) is 6.61 Å². The number of hydrogen-bond acceptors (Lipinski definition) is 4. The number of nitrogens with zero attached hydrogens (tertiary/aromatic N) is 2. The third kappa shape index (κ3) is 3.05. The van der Waals surface area contributed by atoms with Crippen molar-refractivity contribution in [2.24, 2.45) is 0 Å². The molecule has 2 aliphatic rings. The standard InChI is InChI=1S/C17H21N3O2S/c1-11-9-20-10-12(2-3-16(20)18-11)19-17(21)8-14-13-5-7-23-15(13)4-6-22-14/h5,7,9,12,14H,2-4,6,8,10H2,1H3,(H,19,21)/t12-,14+/m1/s1. The van der Waals surface area contributed by atoms with Crippen LogP contribution in [0, 0.1) is 6.92 Å². The van der Waals surface area contributed by atoms with Gasteiger partial charge in [-0.25, -0.2) is 4.98 Å². The van der Waals surface area contributed by atoms with Crippen molar-refractivity contribution in [1.29, 1.82) is 0 Å². The van der Waals surface area contributed by atoms with Gasteiger partial charge < -0.3 is 14.6 Å². The van der Waals surface area contributed by atoms with Crippen LogP contribution in [0.5, 0.6) is 0 Å². The zero-order valence-corrected chi connectivity index (χ0v) is 14.1. The number of nitrogens with one attached hydrogen (secondary N) is 1. The van der Waals surface area contributed by atoms with Crippen molar-refractivity contribution >= 4 is 17.2 Å². The van der Waals surface area contributed by atoms with E-state index >= 15 is 0 Å². The summed E-state index contributed by atoms with van der Waals surface area (Å²) in [5, 5.41) is 5.27. The molecule has 0 aromatic carbocycles. The Morgan fingerprint density at radius 3 is 3.35 bits per heavy atom. The number of carbonyl (C=O) groups is 1. The summed E-state index contributed by atoms with van der Waals surface area (Å²) in [6.45, 7) is 3.54. The summed E-state index contributed by atoms with van der Waals surface area (Å²) >= 11 is 1.76. The lowest BCUT2D eigenvalue weighted by molar-refractivity contribution is -0.125. The highest BCUT2D eigenvalue weighted by atomic mass is 32.1.